The smallest absolute Gasteiger partial charge is 0.242 e. The van der Waals surface area contributed by atoms with Crippen LogP contribution in [0.3, 0.4) is 0 Å². The van der Waals surface area contributed by atoms with E-state index in [4.69, 9.17) is 32.0 Å². The van der Waals surface area contributed by atoms with Gasteiger partial charge in [-0.2, -0.15) is 0 Å². The van der Waals surface area contributed by atoms with Gasteiger partial charge in [-0.15, -0.1) is 0 Å². The van der Waals surface area contributed by atoms with Crippen LogP contribution in [0.2, 0.25) is 29.7 Å². The third-order valence-corrected chi connectivity index (χ3v) is 5.93. The van der Waals surface area contributed by atoms with E-state index in [1.165, 1.54) is 0 Å². The van der Waals surface area contributed by atoms with Gasteiger partial charge in [-0.1, -0.05) is 39.1 Å². The molecule has 0 aliphatic heterocycles. The van der Waals surface area contributed by atoms with E-state index >= 15 is 0 Å². The Hall–Kier alpha value is -0.713. The standard InChI is InChI=1S/C16H20BrCl2NO5SSi/c1-27(2,3)25-16-13(21)14(9-6-10(18)8-11(19)7-9)24-15(16)12(17)4-5-20-26(22)23/h6-8,12,21,26H,4-5H2,1-3H3,(H,20,22,23). The Bertz CT molecular complexity index is 869. The van der Waals surface area contributed by atoms with Gasteiger partial charge in [-0.25, -0.2) is 13.1 Å². The van der Waals surface area contributed by atoms with Gasteiger partial charge >= 0.3 is 0 Å². The summed E-state index contributed by atoms with van der Waals surface area (Å²) in [5.41, 5.74) is 0.511. The van der Waals surface area contributed by atoms with E-state index in [0.717, 1.165) is 0 Å². The maximum atomic E-state index is 10.8. The summed E-state index contributed by atoms with van der Waals surface area (Å²) in [7, 11) is -4.75. The number of furan rings is 1. The zero-order valence-electron chi connectivity index (χ0n) is 14.9. The number of nitrogens with one attached hydrogen (secondary N) is 1. The van der Waals surface area contributed by atoms with Crippen molar-refractivity contribution in [2.75, 3.05) is 6.54 Å². The molecule has 0 saturated carbocycles. The highest BCUT2D eigenvalue weighted by Gasteiger charge is 2.30. The number of aromatic hydroxyl groups is 1. The van der Waals surface area contributed by atoms with E-state index in [1.807, 2.05) is 19.6 Å². The van der Waals surface area contributed by atoms with Crippen LogP contribution in [-0.2, 0) is 10.9 Å². The fourth-order valence-electron chi connectivity index (χ4n) is 2.33. The van der Waals surface area contributed by atoms with Crippen LogP contribution in [0.25, 0.3) is 11.3 Å². The first-order chi connectivity index (χ1) is 12.5. The third-order valence-electron chi connectivity index (χ3n) is 3.32. The van der Waals surface area contributed by atoms with Gasteiger partial charge in [0.25, 0.3) is 0 Å². The Balaban J connectivity index is 2.47. The Labute approximate surface area is 179 Å². The highest BCUT2D eigenvalue weighted by molar-refractivity contribution is 9.09. The SMILES string of the molecule is C[Si](C)(C)Oc1c(C(Br)CCN[SH](=O)=O)oc(-c2cc(Cl)cc(Cl)c2)c1O. The fraction of sp³-hybridized carbons (Fsp3) is 0.375. The molecule has 0 aliphatic rings. The van der Waals surface area contributed by atoms with Crippen LogP contribution in [0.4, 0.5) is 0 Å². The topological polar surface area (TPSA) is 88.8 Å². The molecule has 0 spiro atoms. The highest BCUT2D eigenvalue weighted by Crippen LogP contribution is 2.49. The molecule has 6 nitrogen and oxygen atoms in total. The van der Waals surface area contributed by atoms with Crippen LogP contribution in [0.1, 0.15) is 17.0 Å². The number of hydrogen-bond donors (Lipinski definition) is 3. The molecule has 0 aliphatic carbocycles. The minimum absolute atomic E-state index is 0.141. The average molecular weight is 517 g/mol. The van der Waals surface area contributed by atoms with Crippen LogP contribution in [0.5, 0.6) is 11.5 Å². The highest BCUT2D eigenvalue weighted by atomic mass is 79.9. The van der Waals surface area contributed by atoms with Crippen molar-refractivity contribution < 1.29 is 22.4 Å². The van der Waals surface area contributed by atoms with Crippen LogP contribution < -0.4 is 9.15 Å². The summed E-state index contributed by atoms with van der Waals surface area (Å²) in [5, 5.41) is 11.6. The molecule has 0 bridgehead atoms. The lowest BCUT2D eigenvalue weighted by Crippen LogP contribution is -2.29. The summed E-state index contributed by atoms with van der Waals surface area (Å²) < 4.78 is 35.6. The van der Waals surface area contributed by atoms with E-state index in [2.05, 4.69) is 20.7 Å². The maximum Gasteiger partial charge on any atom is 0.242 e. The Kier molecular flexibility index (Phi) is 7.68. The monoisotopic (exact) mass is 515 g/mol. The van der Waals surface area contributed by atoms with E-state index in [0.29, 0.717) is 27.8 Å². The first-order valence-corrected chi connectivity index (χ1v) is 14.3. The Morgan fingerprint density at radius 1 is 1.26 bits per heavy atom. The number of hydrogen-bond acceptors (Lipinski definition) is 5. The summed E-state index contributed by atoms with van der Waals surface area (Å²) in [6, 6.07) is 4.83. The molecule has 0 radical (unpaired) electrons. The maximum absolute atomic E-state index is 10.8. The lowest BCUT2D eigenvalue weighted by molar-refractivity contribution is 0.438. The molecule has 1 unspecified atom stereocenters. The van der Waals surface area contributed by atoms with E-state index in [-0.39, 0.29) is 28.6 Å². The molecule has 1 aromatic heterocycles. The lowest BCUT2D eigenvalue weighted by atomic mass is 10.1. The quantitative estimate of drug-likeness (QED) is 0.257. The van der Waals surface area contributed by atoms with E-state index < -0.39 is 19.2 Å². The van der Waals surface area contributed by atoms with Crippen molar-refractivity contribution in [2.45, 2.75) is 30.9 Å². The van der Waals surface area contributed by atoms with Crippen LogP contribution >= 0.6 is 39.1 Å². The fourth-order valence-corrected chi connectivity index (χ4v) is 4.51. The number of alkyl halides is 1. The van der Waals surface area contributed by atoms with Crippen LogP contribution in [0.15, 0.2) is 22.6 Å². The average Bonchev–Trinajstić information content (AvgIpc) is 2.81. The molecule has 1 atom stereocenters. The van der Waals surface area contributed by atoms with Gasteiger partial charge in [0.2, 0.25) is 25.0 Å². The molecule has 1 aromatic carbocycles. The van der Waals surface area contributed by atoms with Crippen molar-refractivity contribution in [3.63, 3.8) is 0 Å². The molecule has 0 amide bonds. The molecule has 1 heterocycles. The van der Waals surface area contributed by atoms with Crippen molar-refractivity contribution in [1.29, 1.82) is 0 Å². The zero-order chi connectivity index (χ0) is 20.4. The molecule has 0 saturated heterocycles. The number of benzene rings is 1. The van der Waals surface area contributed by atoms with Gasteiger partial charge in [0, 0.05) is 22.2 Å². The summed E-state index contributed by atoms with van der Waals surface area (Å²) >= 11 is 15.6. The van der Waals surface area contributed by atoms with Gasteiger partial charge < -0.3 is 13.9 Å². The second kappa shape index (κ2) is 9.19. The molecule has 2 N–H and O–H groups in total. The first kappa shape index (κ1) is 22.6. The number of thiol groups is 1. The normalized spacial score (nSPS) is 13.1. The predicted molar refractivity (Wildman–Crippen MR) is 114 cm³/mol. The molecule has 11 heteroatoms. The van der Waals surface area contributed by atoms with Crippen molar-refractivity contribution in [1.82, 2.24) is 4.72 Å². The summed E-state index contributed by atoms with van der Waals surface area (Å²) in [6.07, 6.45) is 0.397. The van der Waals surface area contributed by atoms with Gasteiger partial charge in [0.15, 0.2) is 17.3 Å². The van der Waals surface area contributed by atoms with Gasteiger partial charge in [0.1, 0.15) is 0 Å². The lowest BCUT2D eigenvalue weighted by Gasteiger charge is -2.20. The molecular weight excluding hydrogens is 497 g/mol. The van der Waals surface area contributed by atoms with Crippen molar-refractivity contribution >= 4 is 58.3 Å². The number of rotatable bonds is 8. The van der Waals surface area contributed by atoms with Crippen molar-refractivity contribution in [2.24, 2.45) is 0 Å². The van der Waals surface area contributed by atoms with Crippen LogP contribution in [-0.4, -0.2) is 28.4 Å². The largest absolute Gasteiger partial charge is 0.539 e. The van der Waals surface area contributed by atoms with Gasteiger partial charge in [-0.05, 0) is 44.3 Å². The molecule has 0 fully saturated rings. The molecule has 27 heavy (non-hydrogen) atoms. The van der Waals surface area contributed by atoms with Crippen LogP contribution in [0, 0.1) is 0 Å². The Morgan fingerprint density at radius 3 is 2.37 bits per heavy atom. The second-order valence-electron chi connectivity index (χ2n) is 6.77. The zero-order valence-corrected chi connectivity index (χ0v) is 19.9. The minimum atomic E-state index is -2.68. The van der Waals surface area contributed by atoms with Gasteiger partial charge in [0.05, 0.1) is 4.83 Å². The second-order valence-corrected chi connectivity index (χ2v) is 14.0. The third kappa shape index (κ3) is 6.40. The molecule has 150 valence electrons. The summed E-state index contributed by atoms with van der Waals surface area (Å²) in [4.78, 5) is -0.374. The first-order valence-electron chi connectivity index (χ1n) is 8.01. The molecular formula is C16H20BrCl2NO5SSi. The summed E-state index contributed by atoms with van der Waals surface area (Å²) in [6.45, 7) is 6.14. The minimum Gasteiger partial charge on any atom is -0.539 e. The van der Waals surface area contributed by atoms with E-state index in [9.17, 15) is 13.5 Å². The molecule has 2 aromatic rings. The van der Waals surface area contributed by atoms with Gasteiger partial charge in [-0.3, -0.25) is 0 Å². The molecule has 2 rings (SSSR count). The van der Waals surface area contributed by atoms with Crippen molar-refractivity contribution in [3.8, 4) is 22.8 Å². The van der Waals surface area contributed by atoms with Crippen molar-refractivity contribution in [3.05, 3.63) is 34.0 Å². The predicted octanol–water partition coefficient (Wildman–Crippen LogP) is 5.11. The summed E-state index contributed by atoms with van der Waals surface area (Å²) in [5.74, 6) is 0.672. The number of halogens is 3. The Morgan fingerprint density at radius 2 is 1.85 bits per heavy atom. The van der Waals surface area contributed by atoms with E-state index in [1.54, 1.807) is 18.2 Å².